The molecule has 0 N–H and O–H groups in total. The van der Waals surface area contributed by atoms with Gasteiger partial charge in [0.1, 0.15) is 6.10 Å². The normalized spacial score (nSPS) is 36.7. The van der Waals surface area contributed by atoms with Crippen LogP contribution in [0.2, 0.25) is 0 Å². The van der Waals surface area contributed by atoms with E-state index >= 15 is 0 Å². The van der Waals surface area contributed by atoms with Crippen molar-refractivity contribution in [1.82, 2.24) is 0 Å². The highest BCUT2D eigenvalue weighted by Crippen LogP contribution is 2.67. The molecule has 0 heterocycles. The van der Waals surface area contributed by atoms with Gasteiger partial charge in [0, 0.05) is 6.42 Å². The van der Waals surface area contributed by atoms with Gasteiger partial charge in [0.15, 0.2) is 0 Å². The summed E-state index contributed by atoms with van der Waals surface area (Å²) in [4.78, 5) is 12.7. The molecule has 4 aliphatic carbocycles. The largest absolute Gasteiger partial charge is 0.462 e. The maximum atomic E-state index is 12.7. The van der Waals surface area contributed by atoms with E-state index in [2.05, 4.69) is 47.6 Å². The molecule has 0 saturated heterocycles. The predicted molar refractivity (Wildman–Crippen MR) is 167 cm³/mol. The third-order valence-electron chi connectivity index (χ3n) is 12.9. The van der Waals surface area contributed by atoms with Crippen LogP contribution in [0, 0.1) is 52.3 Å². The van der Waals surface area contributed by atoms with Crippen molar-refractivity contribution >= 4 is 5.97 Å². The van der Waals surface area contributed by atoms with Crippen LogP contribution in [0.15, 0.2) is 42.0 Å². The summed E-state index contributed by atoms with van der Waals surface area (Å²) < 4.78 is 6.04. The second kappa shape index (κ2) is 12.3. The van der Waals surface area contributed by atoms with Gasteiger partial charge >= 0.3 is 5.97 Å². The van der Waals surface area contributed by atoms with Crippen molar-refractivity contribution in [2.45, 2.75) is 131 Å². The monoisotopic (exact) mass is 546 g/mol. The molecule has 222 valence electrons. The summed E-state index contributed by atoms with van der Waals surface area (Å²) in [7, 11) is 0. The van der Waals surface area contributed by atoms with E-state index in [0.29, 0.717) is 17.3 Å². The molecule has 0 spiro atoms. The molecule has 0 aliphatic heterocycles. The van der Waals surface area contributed by atoms with E-state index in [1.165, 1.54) is 64.2 Å². The van der Waals surface area contributed by atoms with Gasteiger partial charge in [-0.25, -0.2) is 0 Å². The fraction of sp³-hybridized carbons (Fsp3) is 0.763. The lowest BCUT2D eigenvalue weighted by atomic mass is 9.47. The first-order valence-corrected chi connectivity index (χ1v) is 17.1. The zero-order valence-electron chi connectivity index (χ0n) is 26.6. The Hall–Kier alpha value is -1.57. The van der Waals surface area contributed by atoms with Crippen LogP contribution in [0.5, 0.6) is 0 Å². The van der Waals surface area contributed by atoms with E-state index in [1.807, 2.05) is 30.3 Å². The van der Waals surface area contributed by atoms with E-state index in [9.17, 15) is 4.79 Å². The van der Waals surface area contributed by atoms with E-state index in [-0.39, 0.29) is 12.1 Å². The maximum Gasteiger partial charge on any atom is 0.310 e. The van der Waals surface area contributed by atoms with Crippen LogP contribution in [0.4, 0.5) is 0 Å². The van der Waals surface area contributed by atoms with Crippen molar-refractivity contribution in [3.8, 4) is 0 Å². The minimum Gasteiger partial charge on any atom is -0.462 e. The van der Waals surface area contributed by atoms with E-state index in [1.54, 1.807) is 5.57 Å². The van der Waals surface area contributed by atoms with Crippen molar-refractivity contribution in [3.63, 3.8) is 0 Å². The molecule has 2 nitrogen and oxygen atoms in total. The first-order chi connectivity index (χ1) is 19.2. The van der Waals surface area contributed by atoms with Gasteiger partial charge in [-0.2, -0.15) is 0 Å². The van der Waals surface area contributed by atoms with Gasteiger partial charge in [-0.15, -0.1) is 0 Å². The van der Waals surface area contributed by atoms with Crippen LogP contribution in [-0.4, -0.2) is 12.1 Å². The molecule has 0 amide bonds. The van der Waals surface area contributed by atoms with Crippen molar-refractivity contribution in [2.75, 3.05) is 0 Å². The van der Waals surface area contributed by atoms with Gasteiger partial charge in [-0.3, -0.25) is 4.79 Å². The summed E-state index contributed by atoms with van der Waals surface area (Å²) >= 11 is 0. The lowest BCUT2D eigenvalue weighted by Gasteiger charge is -2.58. The summed E-state index contributed by atoms with van der Waals surface area (Å²) in [6.07, 6.45) is 18.8. The van der Waals surface area contributed by atoms with Crippen LogP contribution < -0.4 is 0 Å². The van der Waals surface area contributed by atoms with E-state index in [0.717, 1.165) is 59.8 Å². The first kappa shape index (κ1) is 29.9. The molecule has 40 heavy (non-hydrogen) atoms. The minimum absolute atomic E-state index is 0.0556. The highest BCUT2D eigenvalue weighted by Gasteiger charge is 2.59. The molecular weight excluding hydrogens is 488 g/mol. The molecule has 0 bridgehead atoms. The van der Waals surface area contributed by atoms with Crippen LogP contribution >= 0.6 is 0 Å². The van der Waals surface area contributed by atoms with E-state index < -0.39 is 0 Å². The summed E-state index contributed by atoms with van der Waals surface area (Å²) in [6.45, 7) is 15.1. The Bertz CT molecular complexity index is 1030. The van der Waals surface area contributed by atoms with Gasteiger partial charge in [-0.05, 0) is 109 Å². The van der Waals surface area contributed by atoms with Crippen LogP contribution in [0.3, 0.4) is 0 Å². The Morgan fingerprint density at radius 2 is 1.73 bits per heavy atom. The van der Waals surface area contributed by atoms with Gasteiger partial charge in [-0.1, -0.05) is 103 Å². The highest BCUT2D eigenvalue weighted by atomic mass is 16.5. The number of esters is 1. The second-order valence-corrected chi connectivity index (χ2v) is 15.4. The molecule has 5 rings (SSSR count). The Labute approximate surface area is 246 Å². The number of rotatable bonds is 10. The average Bonchev–Trinajstić information content (AvgIpc) is 3.28. The molecule has 1 aromatic rings. The molecule has 0 aromatic heterocycles. The number of carbonyl (C=O) groups excluding carboxylic acids is 1. The molecule has 0 radical (unpaired) electrons. The maximum absolute atomic E-state index is 12.7. The smallest absolute Gasteiger partial charge is 0.310 e. The molecule has 4 aliphatic rings. The quantitative estimate of drug-likeness (QED) is 0.215. The molecule has 3 saturated carbocycles. The van der Waals surface area contributed by atoms with Gasteiger partial charge in [0.2, 0.25) is 0 Å². The first-order valence-electron chi connectivity index (χ1n) is 17.1. The van der Waals surface area contributed by atoms with Crippen molar-refractivity contribution < 1.29 is 9.53 Å². The number of hydrogen-bond donors (Lipinski definition) is 0. The van der Waals surface area contributed by atoms with Crippen molar-refractivity contribution in [2.24, 2.45) is 52.3 Å². The molecule has 1 aromatic carbocycles. The summed E-state index contributed by atoms with van der Waals surface area (Å²) in [5.41, 5.74) is 3.49. The van der Waals surface area contributed by atoms with Crippen molar-refractivity contribution in [3.05, 3.63) is 47.5 Å². The second-order valence-electron chi connectivity index (χ2n) is 15.4. The fourth-order valence-electron chi connectivity index (χ4n) is 10.6. The number of benzene rings is 1. The van der Waals surface area contributed by atoms with Crippen LogP contribution in [0.25, 0.3) is 0 Å². The number of hydrogen-bond acceptors (Lipinski definition) is 2. The lowest BCUT2D eigenvalue weighted by Crippen LogP contribution is -2.51. The number of ether oxygens (including phenoxy) is 1. The Balaban J connectivity index is 1.21. The van der Waals surface area contributed by atoms with E-state index in [4.69, 9.17) is 4.74 Å². The number of carbonyl (C=O) groups is 1. The Kier molecular flexibility index (Phi) is 9.23. The van der Waals surface area contributed by atoms with Crippen molar-refractivity contribution in [1.29, 1.82) is 0 Å². The number of allylic oxidation sites excluding steroid dienone is 1. The highest BCUT2D eigenvalue weighted by molar-refractivity contribution is 5.72. The molecule has 3 fully saturated rings. The standard InChI is InChI=1S/C38H58O2/c1-7-11-29(26(2)3)15-14-27(4)33-18-19-34-32-17-16-30-25-31(40-36(39)24-28-12-9-8-10-13-28)20-22-37(30,5)35(32)21-23-38(33,34)6/h8-10,12-13,16,26-27,29,31-35H,7,11,14-15,17-25H2,1-6H3/t27?,29-,31?,32+,33-,34+,35+,37+,38-/m1/s1. The van der Waals surface area contributed by atoms with Gasteiger partial charge in [0.25, 0.3) is 0 Å². The van der Waals surface area contributed by atoms with Gasteiger partial charge in [0.05, 0.1) is 6.42 Å². The average molecular weight is 547 g/mol. The fourth-order valence-corrected chi connectivity index (χ4v) is 10.6. The summed E-state index contributed by atoms with van der Waals surface area (Å²) in [6, 6.07) is 10.0. The lowest BCUT2D eigenvalue weighted by molar-refractivity contribution is -0.150. The molecule has 2 unspecified atom stereocenters. The van der Waals surface area contributed by atoms with Crippen LogP contribution in [-0.2, 0) is 16.0 Å². The van der Waals surface area contributed by atoms with Crippen LogP contribution in [0.1, 0.15) is 124 Å². The summed E-state index contributed by atoms with van der Waals surface area (Å²) in [5.74, 6) is 5.99. The zero-order chi connectivity index (χ0) is 28.5. The molecule has 9 atom stereocenters. The SMILES string of the molecule is CCC[C@H](CCC(C)[C@H]1CC[C@H]2[C@@H]3CC=C4CC(OC(=O)Cc5ccccc5)CC[C@]4(C)[C@H]3CC[C@]12C)C(C)C. The molecule has 2 heteroatoms. The summed E-state index contributed by atoms with van der Waals surface area (Å²) in [5, 5.41) is 0. The third kappa shape index (κ3) is 5.85. The number of fused-ring (bicyclic) bond motifs is 5. The topological polar surface area (TPSA) is 26.3 Å². The third-order valence-corrected chi connectivity index (χ3v) is 12.9. The van der Waals surface area contributed by atoms with Gasteiger partial charge < -0.3 is 4.74 Å². The Morgan fingerprint density at radius 1 is 0.950 bits per heavy atom. The molecular formula is C38H58O2. The minimum atomic E-state index is -0.0666. The predicted octanol–water partition coefficient (Wildman–Crippen LogP) is 10.2. The Morgan fingerprint density at radius 3 is 2.45 bits per heavy atom. The zero-order valence-corrected chi connectivity index (χ0v) is 26.6.